The van der Waals surface area contributed by atoms with Crippen LogP contribution in [0.15, 0.2) is 72.8 Å². The Hall–Kier alpha value is -4.15. The van der Waals surface area contributed by atoms with Gasteiger partial charge in [0.05, 0.1) is 44.1 Å². The fourth-order valence-corrected chi connectivity index (χ4v) is 4.77. The summed E-state index contributed by atoms with van der Waals surface area (Å²) in [5, 5.41) is 14.0. The Labute approximate surface area is 229 Å². The highest BCUT2D eigenvalue weighted by molar-refractivity contribution is 5.99. The number of aromatic nitrogens is 1. The van der Waals surface area contributed by atoms with Crippen LogP contribution in [0.2, 0.25) is 0 Å². The van der Waals surface area contributed by atoms with Gasteiger partial charge in [-0.05, 0) is 65.2 Å². The SMILES string of the molecule is COc1ccc(CNc2cc(CO)c3cc(C(=O)N4CCOCC4c4ccc(C(F)(F)F)cc4)ccc3n2)cc1. The van der Waals surface area contributed by atoms with E-state index in [4.69, 9.17) is 9.47 Å². The number of nitrogens with zero attached hydrogens (tertiary/aromatic N) is 2. The van der Waals surface area contributed by atoms with Crippen LogP contribution in [-0.4, -0.2) is 47.8 Å². The number of pyridine rings is 1. The number of alkyl halides is 3. The zero-order valence-corrected chi connectivity index (χ0v) is 21.7. The highest BCUT2D eigenvalue weighted by atomic mass is 19.4. The van der Waals surface area contributed by atoms with Crippen molar-refractivity contribution in [1.29, 1.82) is 0 Å². The maximum absolute atomic E-state index is 13.6. The van der Waals surface area contributed by atoms with Gasteiger partial charge in [-0.25, -0.2) is 4.98 Å². The third-order valence-corrected chi connectivity index (χ3v) is 6.96. The second kappa shape index (κ2) is 11.5. The number of nitrogens with one attached hydrogen (secondary N) is 1. The number of morpholine rings is 1. The lowest BCUT2D eigenvalue weighted by Crippen LogP contribution is -2.43. The van der Waals surface area contributed by atoms with E-state index in [0.717, 1.165) is 23.4 Å². The van der Waals surface area contributed by atoms with Gasteiger partial charge < -0.3 is 24.8 Å². The minimum atomic E-state index is -4.44. The Morgan fingerprint density at radius 2 is 1.85 bits per heavy atom. The summed E-state index contributed by atoms with van der Waals surface area (Å²) in [4.78, 5) is 19.9. The predicted molar refractivity (Wildman–Crippen MR) is 144 cm³/mol. The van der Waals surface area contributed by atoms with Gasteiger partial charge in [-0.3, -0.25) is 4.79 Å². The molecule has 0 spiro atoms. The lowest BCUT2D eigenvalue weighted by atomic mass is 10.0. The Kier molecular flexibility index (Phi) is 7.90. The van der Waals surface area contributed by atoms with Crippen molar-refractivity contribution in [2.45, 2.75) is 25.4 Å². The number of fused-ring (bicyclic) bond motifs is 1. The number of ether oxygens (including phenoxy) is 2. The van der Waals surface area contributed by atoms with Crippen molar-refractivity contribution in [3.05, 3.63) is 101 Å². The Balaban J connectivity index is 1.37. The van der Waals surface area contributed by atoms with Gasteiger partial charge >= 0.3 is 6.18 Å². The Morgan fingerprint density at radius 3 is 2.52 bits per heavy atom. The molecule has 1 aliphatic rings. The number of methoxy groups -OCH3 is 1. The number of aliphatic hydroxyl groups is 1. The maximum atomic E-state index is 13.6. The molecule has 0 saturated carbocycles. The normalized spacial score (nSPS) is 15.7. The first kappa shape index (κ1) is 27.4. The number of hydrogen-bond donors (Lipinski definition) is 2. The molecular weight excluding hydrogens is 523 g/mol. The number of benzene rings is 3. The number of halogens is 3. The number of rotatable bonds is 7. The summed E-state index contributed by atoms with van der Waals surface area (Å²) in [6, 6.07) is 18.8. The molecule has 1 aromatic heterocycles. The third-order valence-electron chi connectivity index (χ3n) is 6.96. The van der Waals surface area contributed by atoms with E-state index < -0.39 is 17.8 Å². The van der Waals surface area contributed by atoms with Crippen molar-refractivity contribution < 1.29 is 32.5 Å². The summed E-state index contributed by atoms with van der Waals surface area (Å²) in [5.74, 6) is 1.07. The fraction of sp³-hybridized carbons (Fsp3) is 0.267. The van der Waals surface area contributed by atoms with Gasteiger partial charge in [0.1, 0.15) is 11.6 Å². The smallest absolute Gasteiger partial charge is 0.416 e. The van der Waals surface area contributed by atoms with Gasteiger partial charge in [-0.2, -0.15) is 13.2 Å². The molecule has 2 heterocycles. The van der Waals surface area contributed by atoms with Gasteiger partial charge in [0.25, 0.3) is 5.91 Å². The molecule has 1 fully saturated rings. The molecule has 0 aliphatic carbocycles. The molecule has 0 bridgehead atoms. The van der Waals surface area contributed by atoms with Crippen LogP contribution in [0.3, 0.4) is 0 Å². The van der Waals surface area contributed by atoms with Crippen LogP contribution in [0.25, 0.3) is 10.9 Å². The second-order valence-electron chi connectivity index (χ2n) is 9.47. The van der Waals surface area contributed by atoms with Crippen LogP contribution in [0, 0.1) is 0 Å². The van der Waals surface area contributed by atoms with Crippen LogP contribution >= 0.6 is 0 Å². The lowest BCUT2D eigenvalue weighted by Gasteiger charge is -2.36. The number of carbonyl (C=O) groups excluding carboxylic acids is 1. The largest absolute Gasteiger partial charge is 0.497 e. The van der Waals surface area contributed by atoms with Crippen molar-refractivity contribution in [3.8, 4) is 5.75 Å². The molecule has 1 amide bonds. The van der Waals surface area contributed by atoms with Crippen molar-refractivity contribution >= 4 is 22.6 Å². The Bertz CT molecular complexity index is 1490. The van der Waals surface area contributed by atoms with Crippen LogP contribution in [0.4, 0.5) is 19.0 Å². The summed E-state index contributed by atoms with van der Waals surface area (Å²) in [5.41, 5.74) is 2.46. The molecule has 1 unspecified atom stereocenters. The molecule has 7 nitrogen and oxygen atoms in total. The van der Waals surface area contributed by atoms with Crippen LogP contribution in [0.5, 0.6) is 5.75 Å². The van der Waals surface area contributed by atoms with Crippen molar-refractivity contribution in [2.24, 2.45) is 0 Å². The molecular formula is C30H28F3N3O4. The van der Waals surface area contributed by atoms with Gasteiger partial charge in [-0.1, -0.05) is 24.3 Å². The van der Waals surface area contributed by atoms with E-state index in [1.54, 1.807) is 36.3 Å². The van der Waals surface area contributed by atoms with Crippen molar-refractivity contribution in [3.63, 3.8) is 0 Å². The first-order valence-electron chi connectivity index (χ1n) is 12.7. The molecule has 1 saturated heterocycles. The van der Waals surface area contributed by atoms with E-state index in [9.17, 15) is 23.1 Å². The van der Waals surface area contributed by atoms with Crippen LogP contribution < -0.4 is 10.1 Å². The van der Waals surface area contributed by atoms with Gasteiger partial charge in [-0.15, -0.1) is 0 Å². The standard InChI is InChI=1S/C30H28F3N3O4/c1-39-24-9-2-19(3-10-24)16-34-28-15-22(17-37)25-14-21(6-11-26(25)35-28)29(38)36-12-13-40-18-27(36)20-4-7-23(8-5-20)30(31,32)33/h2-11,14-15,27,37H,12-13,16-18H2,1H3,(H,34,35). The average Bonchev–Trinajstić information content (AvgIpc) is 2.99. The zero-order valence-electron chi connectivity index (χ0n) is 21.7. The zero-order chi connectivity index (χ0) is 28.3. The number of hydrogen-bond acceptors (Lipinski definition) is 6. The summed E-state index contributed by atoms with van der Waals surface area (Å²) in [7, 11) is 1.61. The van der Waals surface area contributed by atoms with Crippen molar-refractivity contribution in [2.75, 3.05) is 32.2 Å². The number of carbonyl (C=O) groups is 1. The lowest BCUT2D eigenvalue weighted by molar-refractivity contribution is -0.137. The van der Waals surface area contributed by atoms with E-state index in [1.807, 2.05) is 24.3 Å². The summed E-state index contributed by atoms with van der Waals surface area (Å²) >= 11 is 0. The number of anilines is 1. The molecule has 10 heteroatoms. The van der Waals surface area contributed by atoms with Gasteiger partial charge in [0.15, 0.2) is 0 Å². The first-order valence-corrected chi connectivity index (χ1v) is 12.7. The molecule has 5 rings (SSSR count). The van der Waals surface area contributed by atoms with Crippen LogP contribution in [-0.2, 0) is 24.1 Å². The molecule has 2 N–H and O–H groups in total. The molecule has 40 heavy (non-hydrogen) atoms. The van der Waals surface area contributed by atoms with E-state index in [2.05, 4.69) is 10.3 Å². The number of amides is 1. The topological polar surface area (TPSA) is 83.9 Å². The maximum Gasteiger partial charge on any atom is 0.416 e. The Morgan fingerprint density at radius 1 is 1.10 bits per heavy atom. The third kappa shape index (κ3) is 5.88. The molecule has 208 valence electrons. The van der Waals surface area contributed by atoms with E-state index >= 15 is 0 Å². The summed E-state index contributed by atoms with van der Waals surface area (Å²) in [6.45, 7) is 1.06. The van der Waals surface area contributed by atoms with Gasteiger partial charge in [0.2, 0.25) is 0 Å². The minimum Gasteiger partial charge on any atom is -0.497 e. The molecule has 4 aromatic rings. The second-order valence-corrected chi connectivity index (χ2v) is 9.47. The predicted octanol–water partition coefficient (Wildman–Crippen LogP) is 5.58. The van der Waals surface area contributed by atoms with E-state index in [0.29, 0.717) is 53.1 Å². The molecule has 1 aliphatic heterocycles. The first-order chi connectivity index (χ1) is 19.3. The molecule has 1 atom stereocenters. The van der Waals surface area contributed by atoms with E-state index in [1.165, 1.54) is 12.1 Å². The van der Waals surface area contributed by atoms with Crippen LogP contribution in [0.1, 0.15) is 38.7 Å². The highest BCUT2D eigenvalue weighted by Gasteiger charge is 2.33. The quantitative estimate of drug-likeness (QED) is 0.312. The number of aliphatic hydroxyl groups excluding tert-OH is 1. The highest BCUT2D eigenvalue weighted by Crippen LogP contribution is 2.32. The van der Waals surface area contributed by atoms with E-state index in [-0.39, 0.29) is 19.1 Å². The fourth-order valence-electron chi connectivity index (χ4n) is 4.77. The molecule has 0 radical (unpaired) electrons. The monoisotopic (exact) mass is 551 g/mol. The summed E-state index contributed by atoms with van der Waals surface area (Å²) < 4.78 is 49.8. The van der Waals surface area contributed by atoms with Gasteiger partial charge in [0, 0.05) is 24.0 Å². The molecule has 3 aromatic carbocycles. The van der Waals surface area contributed by atoms with Crippen molar-refractivity contribution in [1.82, 2.24) is 9.88 Å². The summed E-state index contributed by atoms with van der Waals surface area (Å²) in [6.07, 6.45) is -4.44. The minimum absolute atomic E-state index is 0.178. The average molecular weight is 552 g/mol.